The van der Waals surface area contributed by atoms with E-state index in [4.69, 9.17) is 16.3 Å². The number of benzene rings is 1. The highest BCUT2D eigenvalue weighted by Crippen LogP contribution is 2.38. The van der Waals surface area contributed by atoms with Gasteiger partial charge in [0.15, 0.2) is 0 Å². The van der Waals surface area contributed by atoms with Crippen LogP contribution in [0.2, 0.25) is 5.02 Å². The molecule has 1 aromatic carbocycles. The SMILES string of the molecule is O=C(N[C@@H]1C[C@H]2OCC[C@@H]12)c1ccc(Cl)cc1F. The summed E-state index contributed by atoms with van der Waals surface area (Å²) >= 11 is 5.65. The lowest BCUT2D eigenvalue weighted by atomic mass is 9.76. The Morgan fingerprint density at radius 1 is 1.50 bits per heavy atom. The van der Waals surface area contributed by atoms with Gasteiger partial charge in [-0.15, -0.1) is 0 Å². The second-order valence-corrected chi connectivity index (χ2v) is 5.24. The monoisotopic (exact) mass is 269 g/mol. The lowest BCUT2D eigenvalue weighted by Crippen LogP contribution is -2.53. The maximum atomic E-state index is 13.6. The fourth-order valence-corrected chi connectivity index (χ4v) is 2.84. The maximum Gasteiger partial charge on any atom is 0.254 e. The average Bonchev–Trinajstić information content (AvgIpc) is 2.67. The number of nitrogens with one attached hydrogen (secondary N) is 1. The average molecular weight is 270 g/mol. The standard InChI is InChI=1S/C13H13ClFNO2/c14-7-1-2-8(10(15)5-7)13(17)16-11-6-12-9(11)3-4-18-12/h1-2,5,9,11-12H,3-4,6H2,(H,16,17)/t9-,11+,12+/m0/s1. The van der Waals surface area contributed by atoms with Crippen molar-refractivity contribution in [3.63, 3.8) is 0 Å². The summed E-state index contributed by atoms with van der Waals surface area (Å²) in [6.07, 6.45) is 2.08. The summed E-state index contributed by atoms with van der Waals surface area (Å²) in [5, 5.41) is 3.15. The van der Waals surface area contributed by atoms with E-state index in [1.165, 1.54) is 12.1 Å². The summed E-state index contributed by atoms with van der Waals surface area (Å²) < 4.78 is 19.0. The van der Waals surface area contributed by atoms with Gasteiger partial charge in [-0.3, -0.25) is 4.79 Å². The molecule has 0 aromatic heterocycles. The molecular weight excluding hydrogens is 257 g/mol. The van der Waals surface area contributed by atoms with Gasteiger partial charge in [0.25, 0.3) is 5.91 Å². The molecular formula is C13H13ClFNO2. The fourth-order valence-electron chi connectivity index (χ4n) is 2.68. The molecule has 3 atom stereocenters. The quantitative estimate of drug-likeness (QED) is 0.895. The van der Waals surface area contributed by atoms with Crippen LogP contribution in [0.1, 0.15) is 23.2 Å². The summed E-state index contributed by atoms with van der Waals surface area (Å²) in [5.74, 6) is -0.567. The number of fused-ring (bicyclic) bond motifs is 1. The normalized spacial score (nSPS) is 29.6. The smallest absolute Gasteiger partial charge is 0.254 e. The predicted molar refractivity (Wildman–Crippen MR) is 65.1 cm³/mol. The predicted octanol–water partition coefficient (Wildman–Crippen LogP) is 2.39. The number of amides is 1. The van der Waals surface area contributed by atoms with Crippen molar-refractivity contribution in [3.05, 3.63) is 34.6 Å². The van der Waals surface area contributed by atoms with Crippen LogP contribution in [-0.2, 0) is 4.74 Å². The van der Waals surface area contributed by atoms with Crippen molar-refractivity contribution in [3.8, 4) is 0 Å². The highest BCUT2D eigenvalue weighted by atomic mass is 35.5. The van der Waals surface area contributed by atoms with Crippen molar-refractivity contribution >= 4 is 17.5 Å². The molecule has 0 bridgehead atoms. The first-order chi connectivity index (χ1) is 8.65. The Morgan fingerprint density at radius 2 is 2.33 bits per heavy atom. The molecule has 1 saturated carbocycles. The second kappa shape index (κ2) is 4.52. The fraction of sp³-hybridized carbons (Fsp3) is 0.462. The number of carbonyl (C=O) groups is 1. The van der Waals surface area contributed by atoms with Gasteiger partial charge in [-0.25, -0.2) is 4.39 Å². The lowest BCUT2D eigenvalue weighted by molar-refractivity contribution is 0.00805. The number of rotatable bonds is 2. The molecule has 1 saturated heterocycles. The van der Waals surface area contributed by atoms with E-state index in [2.05, 4.69) is 5.32 Å². The molecule has 1 aliphatic carbocycles. The highest BCUT2D eigenvalue weighted by Gasteiger charge is 2.45. The number of ether oxygens (including phenoxy) is 1. The van der Waals surface area contributed by atoms with Crippen LogP contribution >= 0.6 is 11.6 Å². The van der Waals surface area contributed by atoms with Crippen LogP contribution in [0.25, 0.3) is 0 Å². The van der Waals surface area contributed by atoms with Crippen molar-refractivity contribution in [1.29, 1.82) is 0 Å². The molecule has 0 unspecified atom stereocenters. The van der Waals surface area contributed by atoms with Crippen LogP contribution in [0, 0.1) is 11.7 Å². The van der Waals surface area contributed by atoms with E-state index in [0.29, 0.717) is 5.92 Å². The number of hydrogen-bond donors (Lipinski definition) is 1. The lowest BCUT2D eigenvalue weighted by Gasteiger charge is -2.39. The Balaban J connectivity index is 1.68. The van der Waals surface area contributed by atoms with E-state index in [9.17, 15) is 9.18 Å². The molecule has 3 rings (SSSR count). The highest BCUT2D eigenvalue weighted by molar-refractivity contribution is 6.30. The Labute approximate surface area is 109 Å². The van der Waals surface area contributed by atoms with E-state index in [0.717, 1.165) is 25.5 Å². The molecule has 0 radical (unpaired) electrons. The van der Waals surface area contributed by atoms with Gasteiger partial charge in [-0.2, -0.15) is 0 Å². The van der Waals surface area contributed by atoms with E-state index in [-0.39, 0.29) is 28.6 Å². The minimum atomic E-state index is -0.585. The van der Waals surface area contributed by atoms with E-state index >= 15 is 0 Å². The van der Waals surface area contributed by atoms with Gasteiger partial charge in [-0.1, -0.05) is 11.6 Å². The third-order valence-corrected chi connectivity index (χ3v) is 3.99. The molecule has 5 heteroatoms. The zero-order valence-electron chi connectivity index (χ0n) is 9.66. The molecule has 1 aromatic rings. The minimum Gasteiger partial charge on any atom is -0.378 e. The summed E-state index contributed by atoms with van der Waals surface area (Å²) in [5.41, 5.74) is 0.0433. The van der Waals surface area contributed by atoms with Crippen molar-refractivity contribution < 1.29 is 13.9 Å². The van der Waals surface area contributed by atoms with Crippen LogP contribution in [0.15, 0.2) is 18.2 Å². The minimum absolute atomic E-state index is 0.0433. The van der Waals surface area contributed by atoms with Gasteiger partial charge < -0.3 is 10.1 Å². The molecule has 18 heavy (non-hydrogen) atoms. The molecule has 1 aliphatic heterocycles. The summed E-state index contributed by atoms with van der Waals surface area (Å²) in [7, 11) is 0. The Hall–Kier alpha value is -1.13. The molecule has 1 N–H and O–H groups in total. The molecule has 1 heterocycles. The van der Waals surface area contributed by atoms with Gasteiger partial charge >= 0.3 is 0 Å². The van der Waals surface area contributed by atoms with Gasteiger partial charge in [-0.05, 0) is 31.0 Å². The van der Waals surface area contributed by atoms with Crippen LogP contribution in [-0.4, -0.2) is 24.7 Å². The van der Waals surface area contributed by atoms with Crippen LogP contribution < -0.4 is 5.32 Å². The summed E-state index contributed by atoms with van der Waals surface area (Å²) in [6, 6.07) is 4.19. The van der Waals surface area contributed by atoms with Gasteiger partial charge in [0.05, 0.1) is 11.7 Å². The third kappa shape index (κ3) is 1.99. The molecule has 0 spiro atoms. The topological polar surface area (TPSA) is 38.3 Å². The summed E-state index contributed by atoms with van der Waals surface area (Å²) in [4.78, 5) is 11.9. The first-order valence-electron chi connectivity index (χ1n) is 6.02. The molecule has 96 valence electrons. The largest absolute Gasteiger partial charge is 0.378 e. The van der Waals surface area contributed by atoms with E-state index in [1.807, 2.05) is 0 Å². The van der Waals surface area contributed by atoms with Gasteiger partial charge in [0.2, 0.25) is 0 Å². The number of hydrogen-bond acceptors (Lipinski definition) is 2. The third-order valence-electron chi connectivity index (χ3n) is 3.76. The van der Waals surface area contributed by atoms with Crippen LogP contribution in [0.4, 0.5) is 4.39 Å². The van der Waals surface area contributed by atoms with Crippen molar-refractivity contribution in [2.75, 3.05) is 6.61 Å². The Morgan fingerprint density at radius 3 is 3.06 bits per heavy atom. The zero-order chi connectivity index (χ0) is 12.7. The van der Waals surface area contributed by atoms with Crippen molar-refractivity contribution in [2.45, 2.75) is 25.0 Å². The van der Waals surface area contributed by atoms with Crippen LogP contribution in [0.3, 0.4) is 0 Å². The number of halogens is 2. The summed E-state index contributed by atoms with van der Waals surface area (Å²) in [6.45, 7) is 0.761. The van der Waals surface area contributed by atoms with E-state index < -0.39 is 5.82 Å². The maximum absolute atomic E-state index is 13.6. The van der Waals surface area contributed by atoms with Gasteiger partial charge in [0, 0.05) is 23.6 Å². The molecule has 1 amide bonds. The Kier molecular flexibility index (Phi) is 2.99. The van der Waals surface area contributed by atoms with E-state index in [1.54, 1.807) is 0 Å². The first kappa shape index (κ1) is 11.9. The van der Waals surface area contributed by atoms with Crippen LogP contribution in [0.5, 0.6) is 0 Å². The molecule has 2 fully saturated rings. The first-order valence-corrected chi connectivity index (χ1v) is 6.40. The Bertz CT molecular complexity index is 494. The zero-order valence-corrected chi connectivity index (χ0v) is 10.4. The number of carbonyl (C=O) groups excluding carboxylic acids is 1. The van der Waals surface area contributed by atoms with Crippen molar-refractivity contribution in [1.82, 2.24) is 5.32 Å². The van der Waals surface area contributed by atoms with Crippen molar-refractivity contribution in [2.24, 2.45) is 5.92 Å². The molecule has 2 aliphatic rings. The molecule has 3 nitrogen and oxygen atoms in total. The second-order valence-electron chi connectivity index (χ2n) is 4.80. The van der Waals surface area contributed by atoms with Gasteiger partial charge in [0.1, 0.15) is 5.82 Å².